The van der Waals surface area contributed by atoms with Crippen molar-refractivity contribution < 1.29 is 14.3 Å². The molecule has 1 fully saturated rings. The van der Waals surface area contributed by atoms with Gasteiger partial charge < -0.3 is 15.0 Å². The number of hydrogen-bond donors (Lipinski definition) is 1. The van der Waals surface area contributed by atoms with Crippen LogP contribution in [0.4, 0.5) is 0 Å². The van der Waals surface area contributed by atoms with E-state index < -0.39 is 0 Å². The molecule has 0 radical (unpaired) electrons. The van der Waals surface area contributed by atoms with Gasteiger partial charge in [-0.05, 0) is 51.7 Å². The van der Waals surface area contributed by atoms with Crippen LogP contribution in [0.1, 0.15) is 46.0 Å². The van der Waals surface area contributed by atoms with E-state index in [0.29, 0.717) is 13.2 Å². The van der Waals surface area contributed by atoms with E-state index in [2.05, 4.69) is 17.1 Å². The average Bonchev–Trinajstić information content (AvgIpc) is 2.43. The van der Waals surface area contributed by atoms with Gasteiger partial charge in [0.2, 0.25) is 5.91 Å². The molecule has 5 nitrogen and oxygen atoms in total. The summed E-state index contributed by atoms with van der Waals surface area (Å²) in [6, 6.07) is 0. The molecule has 0 aromatic carbocycles. The topological polar surface area (TPSA) is 58.6 Å². The van der Waals surface area contributed by atoms with E-state index in [0.717, 1.165) is 18.9 Å². The number of esters is 1. The summed E-state index contributed by atoms with van der Waals surface area (Å²) in [4.78, 5) is 25.1. The molecule has 0 aliphatic carbocycles. The maximum absolute atomic E-state index is 11.5. The van der Waals surface area contributed by atoms with Crippen LogP contribution in [-0.2, 0) is 14.3 Å². The highest BCUT2D eigenvalue weighted by atomic mass is 16.5. The number of piperidine rings is 1. The van der Waals surface area contributed by atoms with Gasteiger partial charge in [-0.1, -0.05) is 6.92 Å². The predicted octanol–water partition coefficient (Wildman–Crippen LogP) is 1.57. The third kappa shape index (κ3) is 7.48. The van der Waals surface area contributed by atoms with E-state index in [1.807, 2.05) is 0 Å². The molecule has 5 heteroatoms. The number of carbonyl (C=O) groups excluding carboxylic acids is 2. The molecule has 1 rings (SSSR count). The summed E-state index contributed by atoms with van der Waals surface area (Å²) in [5.41, 5.74) is 0. The summed E-state index contributed by atoms with van der Waals surface area (Å²) >= 11 is 0. The molecule has 1 aliphatic heterocycles. The third-order valence-electron chi connectivity index (χ3n) is 3.71. The number of nitrogens with one attached hydrogen (secondary N) is 1. The quantitative estimate of drug-likeness (QED) is 0.543. The standard InChI is InChI=1S/C15H28N2O3/c1-3-20-15(19)6-5-14(18)16-9-4-10-17-11-7-13(2)8-12-17/h13H,3-12H2,1-2H3,(H,16,18). The van der Waals surface area contributed by atoms with E-state index in [-0.39, 0.29) is 24.7 Å². The van der Waals surface area contributed by atoms with Gasteiger partial charge in [0, 0.05) is 13.0 Å². The second kappa shape index (κ2) is 9.75. The highest BCUT2D eigenvalue weighted by Gasteiger charge is 2.14. The third-order valence-corrected chi connectivity index (χ3v) is 3.71. The van der Waals surface area contributed by atoms with Crippen molar-refractivity contribution in [3.63, 3.8) is 0 Å². The number of carbonyl (C=O) groups is 2. The Labute approximate surface area is 122 Å². The molecule has 1 amide bonds. The molecule has 0 spiro atoms. The van der Waals surface area contributed by atoms with E-state index in [4.69, 9.17) is 4.74 Å². The van der Waals surface area contributed by atoms with Crippen LogP contribution >= 0.6 is 0 Å². The van der Waals surface area contributed by atoms with Crippen LogP contribution in [0.25, 0.3) is 0 Å². The Balaban J connectivity index is 1.97. The zero-order chi connectivity index (χ0) is 14.8. The van der Waals surface area contributed by atoms with Crippen molar-refractivity contribution in [1.29, 1.82) is 0 Å². The van der Waals surface area contributed by atoms with Crippen LogP contribution in [0.2, 0.25) is 0 Å². The molecule has 1 aliphatic rings. The van der Waals surface area contributed by atoms with Crippen LogP contribution < -0.4 is 5.32 Å². The summed E-state index contributed by atoms with van der Waals surface area (Å²) < 4.78 is 4.78. The Hall–Kier alpha value is -1.10. The van der Waals surface area contributed by atoms with Gasteiger partial charge in [0.15, 0.2) is 0 Å². The fraction of sp³-hybridized carbons (Fsp3) is 0.867. The molecular weight excluding hydrogens is 256 g/mol. The second-order valence-electron chi connectivity index (χ2n) is 5.53. The van der Waals surface area contributed by atoms with Gasteiger partial charge in [-0.3, -0.25) is 9.59 Å². The fourth-order valence-corrected chi connectivity index (χ4v) is 2.35. The van der Waals surface area contributed by atoms with Gasteiger partial charge in [-0.15, -0.1) is 0 Å². The number of hydrogen-bond acceptors (Lipinski definition) is 4. The largest absolute Gasteiger partial charge is 0.466 e. The summed E-state index contributed by atoms with van der Waals surface area (Å²) in [7, 11) is 0. The summed E-state index contributed by atoms with van der Waals surface area (Å²) in [6.07, 6.45) is 3.93. The zero-order valence-electron chi connectivity index (χ0n) is 12.8. The number of nitrogens with zero attached hydrogens (tertiary/aromatic N) is 1. The first kappa shape index (κ1) is 17.0. The zero-order valence-corrected chi connectivity index (χ0v) is 12.8. The Kier molecular flexibility index (Phi) is 8.26. The van der Waals surface area contributed by atoms with Crippen LogP contribution in [0.5, 0.6) is 0 Å². The van der Waals surface area contributed by atoms with Gasteiger partial charge in [-0.2, -0.15) is 0 Å². The normalized spacial score (nSPS) is 16.9. The maximum Gasteiger partial charge on any atom is 0.306 e. The summed E-state index contributed by atoms with van der Waals surface area (Å²) in [6.45, 7) is 8.53. The van der Waals surface area contributed by atoms with Crippen molar-refractivity contribution in [1.82, 2.24) is 10.2 Å². The maximum atomic E-state index is 11.5. The molecule has 0 aromatic heterocycles. The molecule has 0 aromatic rings. The smallest absolute Gasteiger partial charge is 0.306 e. The molecule has 116 valence electrons. The van der Waals surface area contributed by atoms with Gasteiger partial charge in [0.1, 0.15) is 0 Å². The fourth-order valence-electron chi connectivity index (χ4n) is 2.35. The Morgan fingerprint density at radius 2 is 1.95 bits per heavy atom. The number of rotatable bonds is 8. The lowest BCUT2D eigenvalue weighted by Gasteiger charge is -2.30. The van der Waals surface area contributed by atoms with Gasteiger partial charge in [0.05, 0.1) is 13.0 Å². The minimum atomic E-state index is -0.301. The van der Waals surface area contributed by atoms with Crippen molar-refractivity contribution >= 4 is 11.9 Å². The van der Waals surface area contributed by atoms with E-state index in [9.17, 15) is 9.59 Å². The summed E-state index contributed by atoms with van der Waals surface area (Å²) in [5.74, 6) is 0.490. The SMILES string of the molecule is CCOC(=O)CCC(=O)NCCCN1CCC(C)CC1. The van der Waals surface area contributed by atoms with Crippen molar-refractivity contribution in [2.45, 2.75) is 46.0 Å². The van der Waals surface area contributed by atoms with Gasteiger partial charge >= 0.3 is 5.97 Å². The van der Waals surface area contributed by atoms with Crippen LogP contribution in [0.15, 0.2) is 0 Å². The second-order valence-corrected chi connectivity index (χ2v) is 5.53. The summed E-state index contributed by atoms with van der Waals surface area (Å²) in [5, 5.41) is 2.86. The molecule has 0 saturated carbocycles. The first-order valence-corrected chi connectivity index (χ1v) is 7.76. The number of amides is 1. The first-order chi connectivity index (χ1) is 9.61. The van der Waals surface area contributed by atoms with Crippen LogP contribution in [0.3, 0.4) is 0 Å². The minimum Gasteiger partial charge on any atom is -0.466 e. The number of likely N-dealkylation sites (tertiary alicyclic amines) is 1. The van der Waals surface area contributed by atoms with E-state index >= 15 is 0 Å². The molecule has 1 N–H and O–H groups in total. The molecule has 20 heavy (non-hydrogen) atoms. The molecule has 1 heterocycles. The Bertz CT molecular complexity index is 299. The lowest BCUT2D eigenvalue weighted by Crippen LogP contribution is -2.35. The monoisotopic (exact) mass is 284 g/mol. The van der Waals surface area contributed by atoms with Gasteiger partial charge in [-0.25, -0.2) is 0 Å². The highest BCUT2D eigenvalue weighted by molar-refractivity contribution is 5.81. The van der Waals surface area contributed by atoms with E-state index in [1.54, 1.807) is 6.92 Å². The van der Waals surface area contributed by atoms with Gasteiger partial charge in [0.25, 0.3) is 0 Å². The van der Waals surface area contributed by atoms with Crippen molar-refractivity contribution in [2.24, 2.45) is 5.92 Å². The molecule has 0 unspecified atom stereocenters. The lowest BCUT2D eigenvalue weighted by atomic mass is 9.99. The molecule has 0 atom stereocenters. The first-order valence-electron chi connectivity index (χ1n) is 7.76. The molecule has 1 saturated heterocycles. The van der Waals surface area contributed by atoms with Crippen LogP contribution in [0, 0.1) is 5.92 Å². The van der Waals surface area contributed by atoms with E-state index in [1.165, 1.54) is 25.9 Å². The Morgan fingerprint density at radius 1 is 1.25 bits per heavy atom. The van der Waals surface area contributed by atoms with Crippen LogP contribution in [-0.4, -0.2) is 49.6 Å². The van der Waals surface area contributed by atoms with Crippen molar-refractivity contribution in [3.8, 4) is 0 Å². The predicted molar refractivity (Wildman–Crippen MR) is 78.3 cm³/mol. The lowest BCUT2D eigenvalue weighted by molar-refractivity contribution is -0.144. The van der Waals surface area contributed by atoms with Crippen molar-refractivity contribution in [3.05, 3.63) is 0 Å². The highest BCUT2D eigenvalue weighted by Crippen LogP contribution is 2.15. The molecular formula is C15H28N2O3. The van der Waals surface area contributed by atoms with Crippen molar-refractivity contribution in [2.75, 3.05) is 32.8 Å². The molecule has 0 bridgehead atoms. The average molecular weight is 284 g/mol. The number of ether oxygens (including phenoxy) is 1. The Morgan fingerprint density at radius 3 is 2.60 bits per heavy atom. The minimum absolute atomic E-state index is 0.0645.